The third kappa shape index (κ3) is 6.46. The maximum Gasteiger partial charge on any atom is 0.251 e. The smallest absolute Gasteiger partial charge is 0.251 e. The number of hydrogen-bond acceptors (Lipinski definition) is 3. The van der Waals surface area contributed by atoms with E-state index in [0.29, 0.717) is 11.5 Å². The number of sulfonamides is 1. The molecule has 0 saturated heterocycles. The van der Waals surface area contributed by atoms with Gasteiger partial charge >= 0.3 is 0 Å². The molecule has 5 nitrogen and oxygen atoms in total. The van der Waals surface area contributed by atoms with Crippen LogP contribution in [0.5, 0.6) is 0 Å². The Labute approximate surface area is 168 Å². The molecule has 2 N–H and O–H groups in total. The van der Waals surface area contributed by atoms with E-state index in [1.54, 1.807) is 6.07 Å². The Bertz CT molecular complexity index is 893. The lowest BCUT2D eigenvalue weighted by molar-refractivity contribution is 0.0936. The van der Waals surface area contributed by atoms with E-state index in [4.69, 9.17) is 0 Å². The van der Waals surface area contributed by atoms with E-state index in [1.807, 2.05) is 44.2 Å². The molecule has 0 spiro atoms. The SMILES string of the molecule is Cc1ccc(S(=O)(=O)NCc2ccccc2)cc1C(=O)NC(C)CCC(C)C. The van der Waals surface area contributed by atoms with Gasteiger partial charge in [-0.2, -0.15) is 0 Å². The molecule has 152 valence electrons. The molecule has 0 aliphatic carbocycles. The van der Waals surface area contributed by atoms with Crippen molar-refractivity contribution >= 4 is 15.9 Å². The summed E-state index contributed by atoms with van der Waals surface area (Å²) in [7, 11) is -3.71. The van der Waals surface area contributed by atoms with E-state index in [2.05, 4.69) is 23.9 Å². The topological polar surface area (TPSA) is 75.3 Å². The largest absolute Gasteiger partial charge is 0.350 e. The fraction of sp³-hybridized carbons (Fsp3) is 0.409. The zero-order chi connectivity index (χ0) is 20.7. The van der Waals surface area contributed by atoms with Crippen LogP contribution in [0.15, 0.2) is 53.4 Å². The summed E-state index contributed by atoms with van der Waals surface area (Å²) in [6.45, 7) is 8.27. The fourth-order valence-corrected chi connectivity index (χ4v) is 3.87. The average Bonchev–Trinajstić information content (AvgIpc) is 2.65. The van der Waals surface area contributed by atoms with Gasteiger partial charge in [0.05, 0.1) is 4.90 Å². The van der Waals surface area contributed by atoms with Gasteiger partial charge in [0.1, 0.15) is 0 Å². The lowest BCUT2D eigenvalue weighted by Gasteiger charge is -2.16. The number of hydrogen-bond donors (Lipinski definition) is 2. The third-order valence-electron chi connectivity index (χ3n) is 4.63. The molecule has 0 heterocycles. The maximum absolute atomic E-state index is 12.7. The molecular weight excluding hydrogens is 372 g/mol. The standard InChI is InChI=1S/C22H30N2O3S/c1-16(2)10-12-18(4)24-22(25)21-14-20(13-11-17(21)3)28(26,27)23-15-19-8-6-5-7-9-19/h5-9,11,13-14,16,18,23H,10,12,15H2,1-4H3,(H,24,25). The van der Waals surface area contributed by atoms with E-state index in [0.717, 1.165) is 24.0 Å². The molecule has 0 saturated carbocycles. The molecule has 0 fully saturated rings. The molecule has 1 amide bonds. The second-order valence-corrected chi connectivity index (χ2v) is 9.40. The van der Waals surface area contributed by atoms with Crippen molar-refractivity contribution in [1.29, 1.82) is 0 Å². The van der Waals surface area contributed by atoms with Crippen LogP contribution in [0.25, 0.3) is 0 Å². The van der Waals surface area contributed by atoms with E-state index in [1.165, 1.54) is 12.1 Å². The number of nitrogens with one attached hydrogen (secondary N) is 2. The Morgan fingerprint density at radius 1 is 1.00 bits per heavy atom. The quantitative estimate of drug-likeness (QED) is 0.665. The number of carbonyl (C=O) groups excluding carboxylic acids is 1. The minimum Gasteiger partial charge on any atom is -0.350 e. The van der Waals surface area contributed by atoms with Crippen molar-refractivity contribution in [3.05, 3.63) is 65.2 Å². The number of carbonyl (C=O) groups is 1. The van der Waals surface area contributed by atoms with Gasteiger partial charge in [0.15, 0.2) is 0 Å². The van der Waals surface area contributed by atoms with Crippen molar-refractivity contribution in [3.63, 3.8) is 0 Å². The molecule has 1 atom stereocenters. The van der Waals surface area contributed by atoms with Crippen molar-refractivity contribution in [3.8, 4) is 0 Å². The Balaban J connectivity index is 2.11. The predicted molar refractivity (Wildman–Crippen MR) is 113 cm³/mol. The summed E-state index contributed by atoms with van der Waals surface area (Å²) in [5.41, 5.74) is 2.00. The van der Waals surface area contributed by atoms with Gasteiger partial charge in [0.2, 0.25) is 10.0 Å². The van der Waals surface area contributed by atoms with Crippen molar-refractivity contribution in [2.75, 3.05) is 0 Å². The summed E-state index contributed by atoms with van der Waals surface area (Å²) in [5, 5.41) is 2.97. The van der Waals surface area contributed by atoms with E-state index < -0.39 is 10.0 Å². The molecule has 28 heavy (non-hydrogen) atoms. The molecule has 2 aromatic carbocycles. The Morgan fingerprint density at radius 3 is 2.32 bits per heavy atom. The zero-order valence-corrected chi connectivity index (χ0v) is 17.8. The van der Waals surface area contributed by atoms with Gasteiger partial charge in [-0.05, 0) is 55.9 Å². The molecular formula is C22H30N2O3S. The van der Waals surface area contributed by atoms with Crippen LogP contribution in [0.4, 0.5) is 0 Å². The van der Waals surface area contributed by atoms with Crippen molar-refractivity contribution in [1.82, 2.24) is 10.0 Å². The fourth-order valence-electron chi connectivity index (χ4n) is 2.83. The molecule has 1 unspecified atom stereocenters. The minimum absolute atomic E-state index is 0.0331. The Kier molecular flexibility index (Phi) is 7.78. The Morgan fingerprint density at radius 2 is 1.68 bits per heavy atom. The van der Waals surface area contributed by atoms with Crippen LogP contribution in [0, 0.1) is 12.8 Å². The first-order valence-electron chi connectivity index (χ1n) is 9.64. The normalized spacial score (nSPS) is 12.8. The van der Waals surface area contributed by atoms with Gasteiger partial charge in [-0.15, -0.1) is 0 Å². The number of aryl methyl sites for hydroxylation is 1. The van der Waals surface area contributed by atoms with Crippen molar-refractivity contribution in [2.24, 2.45) is 5.92 Å². The second-order valence-electron chi connectivity index (χ2n) is 7.63. The highest BCUT2D eigenvalue weighted by atomic mass is 32.2. The summed E-state index contributed by atoms with van der Waals surface area (Å²) in [6.07, 6.45) is 1.91. The lowest BCUT2D eigenvalue weighted by Crippen LogP contribution is -2.33. The first kappa shape index (κ1) is 22.1. The van der Waals surface area contributed by atoms with Crippen LogP contribution in [0.1, 0.15) is 55.1 Å². The average molecular weight is 403 g/mol. The van der Waals surface area contributed by atoms with Crippen LogP contribution in [-0.4, -0.2) is 20.4 Å². The molecule has 2 rings (SSSR count). The molecule has 0 aliphatic heterocycles. The molecule has 0 bridgehead atoms. The highest BCUT2D eigenvalue weighted by Gasteiger charge is 2.19. The summed E-state index contributed by atoms with van der Waals surface area (Å²) in [6, 6.07) is 14.0. The van der Waals surface area contributed by atoms with Gasteiger partial charge < -0.3 is 5.32 Å². The van der Waals surface area contributed by atoms with Gasteiger partial charge in [0, 0.05) is 18.2 Å². The number of amides is 1. The molecule has 0 aliphatic rings. The maximum atomic E-state index is 12.7. The Hall–Kier alpha value is -2.18. The lowest BCUT2D eigenvalue weighted by atomic mass is 10.0. The zero-order valence-electron chi connectivity index (χ0n) is 17.0. The van der Waals surface area contributed by atoms with Crippen molar-refractivity contribution < 1.29 is 13.2 Å². The highest BCUT2D eigenvalue weighted by Crippen LogP contribution is 2.17. The van der Waals surface area contributed by atoms with Crippen molar-refractivity contribution in [2.45, 2.75) is 58.0 Å². The predicted octanol–water partition coefficient (Wildman–Crippen LogP) is 4.03. The molecule has 6 heteroatoms. The van der Waals surface area contributed by atoms with Crippen LogP contribution >= 0.6 is 0 Å². The number of benzene rings is 2. The van der Waals surface area contributed by atoms with Gasteiger partial charge in [-0.1, -0.05) is 50.2 Å². The van der Waals surface area contributed by atoms with Crippen LogP contribution in [0.3, 0.4) is 0 Å². The summed E-state index contributed by atoms with van der Waals surface area (Å²) >= 11 is 0. The summed E-state index contributed by atoms with van der Waals surface area (Å²) < 4.78 is 27.9. The second kappa shape index (κ2) is 9.85. The van der Waals surface area contributed by atoms with Gasteiger partial charge in [-0.25, -0.2) is 13.1 Å². The summed E-state index contributed by atoms with van der Waals surface area (Å²) in [4.78, 5) is 12.7. The monoisotopic (exact) mass is 402 g/mol. The third-order valence-corrected chi connectivity index (χ3v) is 6.03. The highest BCUT2D eigenvalue weighted by molar-refractivity contribution is 7.89. The summed E-state index contributed by atoms with van der Waals surface area (Å²) in [5.74, 6) is 0.333. The van der Waals surface area contributed by atoms with Gasteiger partial charge in [0.25, 0.3) is 5.91 Å². The van der Waals surface area contributed by atoms with Gasteiger partial charge in [-0.3, -0.25) is 4.79 Å². The van der Waals surface area contributed by atoms with E-state index >= 15 is 0 Å². The van der Waals surface area contributed by atoms with Crippen LogP contribution in [-0.2, 0) is 16.6 Å². The first-order chi connectivity index (χ1) is 13.2. The molecule has 2 aromatic rings. The molecule has 0 aromatic heterocycles. The number of rotatable bonds is 9. The first-order valence-corrected chi connectivity index (χ1v) is 11.1. The van der Waals surface area contributed by atoms with Crippen LogP contribution < -0.4 is 10.0 Å². The van der Waals surface area contributed by atoms with Crippen LogP contribution in [0.2, 0.25) is 0 Å². The van der Waals surface area contributed by atoms with E-state index in [9.17, 15) is 13.2 Å². The van der Waals surface area contributed by atoms with E-state index in [-0.39, 0.29) is 23.4 Å². The minimum atomic E-state index is -3.71. The molecule has 0 radical (unpaired) electrons.